The van der Waals surface area contributed by atoms with Crippen LogP contribution in [0.5, 0.6) is 11.5 Å². The molecule has 5 heteroatoms. The summed E-state index contributed by atoms with van der Waals surface area (Å²) in [5, 5.41) is 3.86. The number of para-hydroxylation sites is 1. The maximum absolute atomic E-state index is 12.6. The van der Waals surface area contributed by atoms with Crippen molar-refractivity contribution in [1.82, 2.24) is 4.98 Å². The highest BCUT2D eigenvalue weighted by molar-refractivity contribution is 6.09. The van der Waals surface area contributed by atoms with Crippen LogP contribution in [0.15, 0.2) is 54.7 Å². The molecule has 2 aromatic carbocycles. The van der Waals surface area contributed by atoms with Gasteiger partial charge in [0, 0.05) is 17.6 Å². The number of methoxy groups -OCH3 is 2. The molecule has 0 radical (unpaired) electrons. The first-order valence-corrected chi connectivity index (χ1v) is 7.10. The number of benzene rings is 2. The number of hydrogen-bond acceptors (Lipinski definition) is 4. The Labute approximate surface area is 133 Å². The maximum atomic E-state index is 12.6. The number of pyridine rings is 1. The number of fused-ring (bicyclic) bond motifs is 1. The minimum Gasteiger partial charge on any atom is -0.497 e. The van der Waals surface area contributed by atoms with Gasteiger partial charge < -0.3 is 14.8 Å². The number of nitrogens with one attached hydrogen (secondary N) is 1. The molecule has 1 aromatic heterocycles. The summed E-state index contributed by atoms with van der Waals surface area (Å²) in [7, 11) is 3.08. The molecule has 0 saturated carbocycles. The number of carbonyl (C=O) groups is 1. The average Bonchev–Trinajstić information content (AvgIpc) is 2.61. The van der Waals surface area contributed by atoms with Gasteiger partial charge in [-0.05, 0) is 24.3 Å². The predicted octanol–water partition coefficient (Wildman–Crippen LogP) is 3.50. The van der Waals surface area contributed by atoms with E-state index in [-0.39, 0.29) is 5.91 Å². The molecule has 0 saturated heterocycles. The molecule has 0 unspecified atom stereocenters. The molecule has 1 N–H and O–H groups in total. The smallest absolute Gasteiger partial charge is 0.259 e. The van der Waals surface area contributed by atoms with Crippen LogP contribution in [0.3, 0.4) is 0 Å². The van der Waals surface area contributed by atoms with Crippen LogP contribution in [0.4, 0.5) is 5.69 Å². The summed E-state index contributed by atoms with van der Waals surface area (Å²) < 4.78 is 10.4. The van der Waals surface area contributed by atoms with E-state index in [9.17, 15) is 4.79 Å². The van der Waals surface area contributed by atoms with Gasteiger partial charge in [0.05, 0.1) is 31.0 Å². The van der Waals surface area contributed by atoms with Crippen molar-refractivity contribution in [3.63, 3.8) is 0 Å². The highest BCUT2D eigenvalue weighted by atomic mass is 16.5. The van der Waals surface area contributed by atoms with Crippen LogP contribution in [0.2, 0.25) is 0 Å². The zero-order chi connectivity index (χ0) is 16.2. The summed E-state index contributed by atoms with van der Waals surface area (Å²) in [5.41, 5.74) is 1.84. The van der Waals surface area contributed by atoms with Crippen LogP contribution in [-0.2, 0) is 0 Å². The molecule has 3 rings (SSSR count). The molecule has 0 spiro atoms. The van der Waals surface area contributed by atoms with Crippen molar-refractivity contribution in [2.45, 2.75) is 0 Å². The highest BCUT2D eigenvalue weighted by Crippen LogP contribution is 2.27. The molecule has 0 aliphatic rings. The van der Waals surface area contributed by atoms with Crippen molar-refractivity contribution < 1.29 is 14.3 Å². The first kappa shape index (κ1) is 14.8. The molecule has 0 atom stereocenters. The molecular formula is C18H16N2O3. The monoisotopic (exact) mass is 308 g/mol. The molecular weight excluding hydrogens is 292 g/mol. The number of aromatic nitrogens is 1. The van der Waals surface area contributed by atoms with E-state index in [0.29, 0.717) is 22.7 Å². The lowest BCUT2D eigenvalue weighted by Gasteiger charge is -2.12. The van der Waals surface area contributed by atoms with E-state index in [4.69, 9.17) is 9.47 Å². The fraction of sp³-hybridized carbons (Fsp3) is 0.111. The summed E-state index contributed by atoms with van der Waals surface area (Å²) in [6.07, 6.45) is 1.70. The van der Waals surface area contributed by atoms with Crippen molar-refractivity contribution in [3.8, 4) is 11.5 Å². The topological polar surface area (TPSA) is 60.5 Å². The van der Waals surface area contributed by atoms with Crippen molar-refractivity contribution in [2.24, 2.45) is 0 Å². The van der Waals surface area contributed by atoms with Gasteiger partial charge in [-0.15, -0.1) is 0 Å². The number of carbonyl (C=O) groups excluding carboxylic acids is 1. The third-order valence-electron chi connectivity index (χ3n) is 3.53. The normalized spacial score (nSPS) is 10.3. The Kier molecular flexibility index (Phi) is 4.10. The van der Waals surface area contributed by atoms with Gasteiger partial charge in [0.2, 0.25) is 0 Å². The fourth-order valence-electron chi connectivity index (χ4n) is 2.38. The predicted molar refractivity (Wildman–Crippen MR) is 89.2 cm³/mol. The Hall–Kier alpha value is -3.08. The second kappa shape index (κ2) is 6.36. The molecule has 1 amide bonds. The van der Waals surface area contributed by atoms with Crippen molar-refractivity contribution in [3.05, 3.63) is 60.3 Å². The lowest BCUT2D eigenvalue weighted by molar-refractivity contribution is 0.102. The average molecular weight is 308 g/mol. The Bertz CT molecular complexity index is 857. The Balaban J connectivity index is 1.95. The zero-order valence-electron chi connectivity index (χ0n) is 12.9. The number of ether oxygens (including phenoxy) is 2. The first-order valence-electron chi connectivity index (χ1n) is 7.10. The molecule has 0 aliphatic heterocycles. The van der Waals surface area contributed by atoms with Gasteiger partial charge in [0.25, 0.3) is 5.91 Å². The minimum atomic E-state index is -0.261. The van der Waals surface area contributed by atoms with Crippen LogP contribution >= 0.6 is 0 Å². The van der Waals surface area contributed by atoms with E-state index in [2.05, 4.69) is 10.3 Å². The number of rotatable bonds is 4. The number of amides is 1. The van der Waals surface area contributed by atoms with Crippen molar-refractivity contribution in [2.75, 3.05) is 19.5 Å². The Morgan fingerprint density at radius 3 is 2.65 bits per heavy atom. The molecule has 0 bridgehead atoms. The van der Waals surface area contributed by atoms with E-state index in [1.807, 2.05) is 30.3 Å². The van der Waals surface area contributed by atoms with Crippen molar-refractivity contribution >= 4 is 22.5 Å². The second-order valence-electron chi connectivity index (χ2n) is 4.90. The first-order chi connectivity index (χ1) is 11.2. The number of nitrogens with zero attached hydrogens (tertiary/aromatic N) is 1. The summed E-state index contributed by atoms with van der Waals surface area (Å²) in [6.45, 7) is 0. The standard InChI is InChI=1S/C18H16N2O3/c1-22-13-8-9-14(16(11-13)23-2)18(21)20-15-7-3-5-12-6-4-10-19-17(12)15/h3-11H,1-2H3,(H,20,21). The van der Waals surface area contributed by atoms with Crippen LogP contribution in [0.25, 0.3) is 10.9 Å². The van der Waals surface area contributed by atoms with Gasteiger partial charge in [-0.1, -0.05) is 18.2 Å². The van der Waals surface area contributed by atoms with Crippen LogP contribution in [0, 0.1) is 0 Å². The van der Waals surface area contributed by atoms with Gasteiger partial charge in [0.15, 0.2) is 0 Å². The third-order valence-corrected chi connectivity index (χ3v) is 3.53. The van der Waals surface area contributed by atoms with E-state index in [1.54, 1.807) is 31.5 Å². The van der Waals surface area contributed by atoms with E-state index in [1.165, 1.54) is 7.11 Å². The minimum absolute atomic E-state index is 0.261. The fourth-order valence-corrected chi connectivity index (χ4v) is 2.38. The van der Waals surface area contributed by atoms with Crippen LogP contribution in [-0.4, -0.2) is 25.1 Å². The van der Waals surface area contributed by atoms with Crippen molar-refractivity contribution in [1.29, 1.82) is 0 Å². The van der Waals surface area contributed by atoms with Gasteiger partial charge in [-0.3, -0.25) is 9.78 Å². The Morgan fingerprint density at radius 2 is 1.87 bits per heavy atom. The Morgan fingerprint density at radius 1 is 1.04 bits per heavy atom. The molecule has 3 aromatic rings. The quantitative estimate of drug-likeness (QED) is 0.801. The molecule has 1 heterocycles. The second-order valence-corrected chi connectivity index (χ2v) is 4.90. The van der Waals surface area contributed by atoms with Gasteiger partial charge in [-0.2, -0.15) is 0 Å². The third kappa shape index (κ3) is 2.94. The van der Waals surface area contributed by atoms with Gasteiger partial charge >= 0.3 is 0 Å². The summed E-state index contributed by atoms with van der Waals surface area (Å²) in [6, 6.07) is 14.5. The number of hydrogen-bond donors (Lipinski definition) is 1. The SMILES string of the molecule is COc1ccc(C(=O)Nc2cccc3cccnc23)c(OC)c1. The van der Waals surface area contributed by atoms with Gasteiger partial charge in [0.1, 0.15) is 11.5 Å². The summed E-state index contributed by atoms with van der Waals surface area (Å²) in [5.74, 6) is 0.822. The molecule has 0 aliphatic carbocycles. The molecule has 23 heavy (non-hydrogen) atoms. The lowest BCUT2D eigenvalue weighted by atomic mass is 10.1. The largest absolute Gasteiger partial charge is 0.497 e. The molecule has 116 valence electrons. The number of anilines is 1. The zero-order valence-corrected chi connectivity index (χ0v) is 12.9. The maximum Gasteiger partial charge on any atom is 0.259 e. The summed E-state index contributed by atoms with van der Waals surface area (Å²) >= 11 is 0. The molecule has 0 fully saturated rings. The highest BCUT2D eigenvalue weighted by Gasteiger charge is 2.14. The molecule has 5 nitrogen and oxygen atoms in total. The van der Waals surface area contributed by atoms with E-state index in [0.717, 1.165) is 10.9 Å². The van der Waals surface area contributed by atoms with Gasteiger partial charge in [-0.25, -0.2) is 0 Å². The van der Waals surface area contributed by atoms with E-state index >= 15 is 0 Å². The van der Waals surface area contributed by atoms with E-state index < -0.39 is 0 Å². The van der Waals surface area contributed by atoms with Crippen LogP contribution < -0.4 is 14.8 Å². The lowest BCUT2D eigenvalue weighted by Crippen LogP contribution is -2.13. The summed E-state index contributed by atoms with van der Waals surface area (Å²) in [4.78, 5) is 16.9. The van der Waals surface area contributed by atoms with Crippen LogP contribution in [0.1, 0.15) is 10.4 Å².